The lowest BCUT2D eigenvalue weighted by Crippen LogP contribution is -2.35. The van der Waals surface area contributed by atoms with Gasteiger partial charge >= 0.3 is 0 Å². The second-order valence-electron chi connectivity index (χ2n) is 5.55. The summed E-state index contributed by atoms with van der Waals surface area (Å²) in [6.45, 7) is 4.20. The molecular weight excluding hydrogens is 288 g/mol. The minimum absolute atomic E-state index is 0. The van der Waals surface area contributed by atoms with Crippen molar-refractivity contribution < 1.29 is 9.53 Å². The van der Waals surface area contributed by atoms with Crippen molar-refractivity contribution in [3.63, 3.8) is 0 Å². The van der Waals surface area contributed by atoms with E-state index in [4.69, 9.17) is 10.5 Å². The molecule has 1 unspecified atom stereocenters. The summed E-state index contributed by atoms with van der Waals surface area (Å²) in [5.74, 6) is 0.663. The number of carbonyl (C=O) groups is 1. The van der Waals surface area contributed by atoms with Gasteiger partial charge in [0.15, 0.2) is 0 Å². The molecule has 21 heavy (non-hydrogen) atoms. The molecule has 0 radical (unpaired) electrons. The van der Waals surface area contributed by atoms with Crippen molar-refractivity contribution in [1.82, 2.24) is 5.32 Å². The molecule has 1 atom stereocenters. The summed E-state index contributed by atoms with van der Waals surface area (Å²) in [5.41, 5.74) is 7.94. The molecule has 0 heterocycles. The van der Waals surface area contributed by atoms with Crippen molar-refractivity contribution in [3.8, 4) is 0 Å². The highest BCUT2D eigenvalue weighted by Gasteiger charge is 2.20. The monoisotopic (exact) mass is 312 g/mol. The molecule has 1 aromatic rings. The molecule has 3 N–H and O–H groups in total. The van der Waals surface area contributed by atoms with Gasteiger partial charge in [-0.1, -0.05) is 29.8 Å². The van der Waals surface area contributed by atoms with E-state index in [1.165, 1.54) is 12.8 Å². The van der Waals surface area contributed by atoms with Crippen LogP contribution in [0.5, 0.6) is 0 Å². The number of aryl methyl sites for hydroxylation is 1. The summed E-state index contributed by atoms with van der Waals surface area (Å²) in [4.78, 5) is 11.9. The minimum atomic E-state index is -0.594. The number of halogens is 1. The molecule has 1 fully saturated rings. The van der Waals surface area contributed by atoms with Crippen molar-refractivity contribution in [1.29, 1.82) is 0 Å². The lowest BCUT2D eigenvalue weighted by molar-refractivity contribution is -0.122. The van der Waals surface area contributed by atoms with Crippen LogP contribution in [0.1, 0.15) is 36.4 Å². The maximum Gasteiger partial charge on any atom is 0.241 e. The van der Waals surface area contributed by atoms with E-state index in [0.29, 0.717) is 13.2 Å². The Kier molecular flexibility index (Phi) is 7.72. The quantitative estimate of drug-likeness (QED) is 0.724. The molecule has 1 amide bonds. The average molecular weight is 313 g/mol. The maximum absolute atomic E-state index is 11.9. The van der Waals surface area contributed by atoms with Crippen molar-refractivity contribution in [3.05, 3.63) is 35.4 Å². The predicted molar refractivity (Wildman–Crippen MR) is 86.5 cm³/mol. The third kappa shape index (κ3) is 6.46. The molecule has 4 nitrogen and oxygen atoms in total. The summed E-state index contributed by atoms with van der Waals surface area (Å²) in [6.07, 6.45) is 3.45. The topological polar surface area (TPSA) is 64.4 Å². The van der Waals surface area contributed by atoms with Crippen LogP contribution in [0.25, 0.3) is 0 Å². The second kappa shape index (κ2) is 9.03. The highest BCUT2D eigenvalue weighted by molar-refractivity contribution is 5.85. The molecule has 1 aliphatic carbocycles. The molecule has 5 heteroatoms. The molecule has 0 aromatic heterocycles. The number of rotatable bonds is 8. The van der Waals surface area contributed by atoms with E-state index in [2.05, 4.69) is 5.32 Å². The van der Waals surface area contributed by atoms with E-state index in [-0.39, 0.29) is 18.3 Å². The van der Waals surface area contributed by atoms with E-state index < -0.39 is 6.04 Å². The normalized spacial score (nSPS) is 15.1. The highest BCUT2D eigenvalue weighted by atomic mass is 35.5. The zero-order valence-electron chi connectivity index (χ0n) is 12.5. The number of ether oxygens (including phenoxy) is 1. The fourth-order valence-electron chi connectivity index (χ4n) is 1.96. The standard InChI is InChI=1S/C16H24N2O2.ClH/c1-12-3-7-14(8-4-12)15(17)16(19)18-9-2-10-20-11-13-5-6-13;/h3-4,7-8,13,15H,2,5-6,9-11,17H2,1H3,(H,18,19);1H. The summed E-state index contributed by atoms with van der Waals surface area (Å²) in [5, 5.41) is 2.86. The number of benzene rings is 1. The Hall–Kier alpha value is -1.10. The minimum Gasteiger partial charge on any atom is -0.381 e. The molecule has 118 valence electrons. The number of hydrogen-bond donors (Lipinski definition) is 2. The SMILES string of the molecule is Cc1ccc(C(N)C(=O)NCCCOCC2CC2)cc1.Cl. The van der Waals surface area contributed by atoms with Gasteiger partial charge in [0, 0.05) is 19.8 Å². The Morgan fingerprint density at radius 2 is 2.05 bits per heavy atom. The van der Waals surface area contributed by atoms with Gasteiger partial charge in [-0.2, -0.15) is 0 Å². The zero-order valence-corrected chi connectivity index (χ0v) is 13.3. The Morgan fingerprint density at radius 1 is 1.38 bits per heavy atom. The van der Waals surface area contributed by atoms with Crippen LogP contribution in [0.3, 0.4) is 0 Å². The van der Waals surface area contributed by atoms with E-state index in [1.807, 2.05) is 31.2 Å². The molecule has 1 saturated carbocycles. The first-order valence-electron chi connectivity index (χ1n) is 7.34. The second-order valence-corrected chi connectivity index (χ2v) is 5.55. The summed E-state index contributed by atoms with van der Waals surface area (Å²) in [7, 11) is 0. The zero-order chi connectivity index (χ0) is 14.4. The van der Waals surface area contributed by atoms with Gasteiger partial charge in [-0.15, -0.1) is 12.4 Å². The van der Waals surface area contributed by atoms with Crippen LogP contribution >= 0.6 is 12.4 Å². The maximum atomic E-state index is 11.9. The van der Waals surface area contributed by atoms with Gasteiger partial charge in [0.25, 0.3) is 0 Å². The number of nitrogens with two attached hydrogens (primary N) is 1. The van der Waals surface area contributed by atoms with Crippen LogP contribution in [0.15, 0.2) is 24.3 Å². The Labute approximate surface area is 132 Å². The fourth-order valence-corrected chi connectivity index (χ4v) is 1.96. The number of hydrogen-bond acceptors (Lipinski definition) is 3. The van der Waals surface area contributed by atoms with E-state index >= 15 is 0 Å². The van der Waals surface area contributed by atoms with Gasteiger partial charge in [-0.3, -0.25) is 4.79 Å². The van der Waals surface area contributed by atoms with Gasteiger partial charge in [0.2, 0.25) is 5.91 Å². The van der Waals surface area contributed by atoms with Crippen molar-refractivity contribution in [2.24, 2.45) is 11.7 Å². The molecule has 1 aromatic carbocycles. The molecular formula is C16H25ClN2O2. The first kappa shape index (κ1) is 18.0. The van der Waals surface area contributed by atoms with Crippen LogP contribution in [-0.2, 0) is 9.53 Å². The molecule has 2 rings (SSSR count). The lowest BCUT2D eigenvalue weighted by Gasteiger charge is -2.13. The molecule has 0 saturated heterocycles. The highest BCUT2D eigenvalue weighted by Crippen LogP contribution is 2.28. The Balaban J connectivity index is 0.00000220. The Bertz CT molecular complexity index is 432. The first-order valence-corrected chi connectivity index (χ1v) is 7.34. The third-order valence-corrected chi connectivity index (χ3v) is 3.53. The number of carbonyl (C=O) groups excluding carboxylic acids is 1. The summed E-state index contributed by atoms with van der Waals surface area (Å²) in [6, 6.07) is 7.14. The van der Waals surface area contributed by atoms with Gasteiger partial charge in [0.05, 0.1) is 0 Å². The van der Waals surface area contributed by atoms with Crippen LogP contribution in [0.4, 0.5) is 0 Å². The molecule has 0 bridgehead atoms. The summed E-state index contributed by atoms with van der Waals surface area (Å²) >= 11 is 0. The van der Waals surface area contributed by atoms with Crippen LogP contribution in [0, 0.1) is 12.8 Å². The van der Waals surface area contributed by atoms with Crippen molar-refractivity contribution >= 4 is 18.3 Å². The fraction of sp³-hybridized carbons (Fsp3) is 0.562. The molecule has 1 aliphatic rings. The van der Waals surface area contributed by atoms with E-state index in [1.54, 1.807) is 0 Å². The smallest absolute Gasteiger partial charge is 0.241 e. The number of amides is 1. The van der Waals surface area contributed by atoms with Gasteiger partial charge in [-0.05, 0) is 37.7 Å². The van der Waals surface area contributed by atoms with Gasteiger partial charge in [-0.25, -0.2) is 0 Å². The summed E-state index contributed by atoms with van der Waals surface area (Å²) < 4.78 is 5.52. The largest absolute Gasteiger partial charge is 0.381 e. The first-order chi connectivity index (χ1) is 9.66. The van der Waals surface area contributed by atoms with Crippen molar-refractivity contribution in [2.45, 2.75) is 32.2 Å². The third-order valence-electron chi connectivity index (χ3n) is 3.53. The number of nitrogens with one attached hydrogen (secondary N) is 1. The van der Waals surface area contributed by atoms with E-state index in [0.717, 1.165) is 30.1 Å². The van der Waals surface area contributed by atoms with Gasteiger partial charge in [0.1, 0.15) is 6.04 Å². The van der Waals surface area contributed by atoms with Crippen molar-refractivity contribution in [2.75, 3.05) is 19.8 Å². The molecule has 0 aliphatic heterocycles. The predicted octanol–water partition coefficient (Wildman–Crippen LogP) is 2.35. The average Bonchev–Trinajstić information content (AvgIpc) is 3.26. The van der Waals surface area contributed by atoms with Crippen LogP contribution < -0.4 is 11.1 Å². The van der Waals surface area contributed by atoms with Crippen LogP contribution in [0.2, 0.25) is 0 Å². The lowest BCUT2D eigenvalue weighted by atomic mass is 10.1. The van der Waals surface area contributed by atoms with E-state index in [9.17, 15) is 4.79 Å². The van der Waals surface area contributed by atoms with Crippen LogP contribution in [-0.4, -0.2) is 25.7 Å². The van der Waals surface area contributed by atoms with Gasteiger partial charge < -0.3 is 15.8 Å². The molecule has 0 spiro atoms. The Morgan fingerprint density at radius 3 is 2.67 bits per heavy atom.